The maximum atomic E-state index is 12.9. The molecule has 19 heavy (non-hydrogen) atoms. The van der Waals surface area contributed by atoms with E-state index in [1.165, 1.54) is 0 Å². The van der Waals surface area contributed by atoms with Gasteiger partial charge in [-0.3, -0.25) is 4.55 Å². The Labute approximate surface area is 108 Å². The summed E-state index contributed by atoms with van der Waals surface area (Å²) in [6.07, 6.45) is 1.56. The molecule has 4 unspecified atom stereocenters. The second-order valence-corrected chi connectivity index (χ2v) is 6.62. The standard InChI is InChI=1S/C10H14F2O6S/c11-10(12,19(15,16)17)9(14)18-4-6-1-5-2-7(6)8(13)3-5/h5-8,13H,1-4H2,(H,15,16,17). The first-order valence-electron chi connectivity index (χ1n) is 5.83. The number of aliphatic hydroxyl groups is 1. The highest BCUT2D eigenvalue weighted by molar-refractivity contribution is 7.87. The van der Waals surface area contributed by atoms with Gasteiger partial charge in [0.15, 0.2) is 0 Å². The van der Waals surface area contributed by atoms with Gasteiger partial charge >= 0.3 is 21.3 Å². The number of hydrogen-bond donors (Lipinski definition) is 2. The average molecular weight is 300 g/mol. The van der Waals surface area contributed by atoms with Crippen LogP contribution < -0.4 is 0 Å². The van der Waals surface area contributed by atoms with Crippen molar-refractivity contribution in [1.82, 2.24) is 0 Å². The minimum absolute atomic E-state index is 0.0999. The summed E-state index contributed by atoms with van der Waals surface area (Å²) in [6, 6.07) is 0. The Bertz CT molecular complexity index is 476. The second kappa shape index (κ2) is 4.64. The molecule has 0 amide bonds. The topological polar surface area (TPSA) is 101 Å². The Morgan fingerprint density at radius 3 is 2.42 bits per heavy atom. The summed E-state index contributed by atoms with van der Waals surface area (Å²) >= 11 is 0. The molecule has 2 saturated carbocycles. The number of halogens is 2. The molecular weight excluding hydrogens is 286 g/mol. The molecule has 2 fully saturated rings. The van der Waals surface area contributed by atoms with Gasteiger partial charge in [-0.15, -0.1) is 0 Å². The third-order valence-electron chi connectivity index (χ3n) is 3.91. The predicted octanol–water partition coefficient (Wildman–Crippen LogP) is 0.417. The van der Waals surface area contributed by atoms with E-state index in [0.717, 1.165) is 6.42 Å². The number of alkyl halides is 2. The summed E-state index contributed by atoms with van der Waals surface area (Å²) in [7, 11) is -5.83. The Hall–Kier alpha value is -0.800. The molecule has 0 spiro atoms. The van der Waals surface area contributed by atoms with Gasteiger partial charge in [0.1, 0.15) is 0 Å². The highest BCUT2D eigenvalue weighted by Crippen LogP contribution is 2.48. The quantitative estimate of drug-likeness (QED) is 0.576. The Morgan fingerprint density at radius 1 is 1.32 bits per heavy atom. The van der Waals surface area contributed by atoms with Crippen LogP contribution in [0.15, 0.2) is 0 Å². The molecule has 0 aromatic heterocycles. The van der Waals surface area contributed by atoms with E-state index in [2.05, 4.69) is 4.74 Å². The number of carbonyl (C=O) groups excluding carboxylic acids is 1. The van der Waals surface area contributed by atoms with Crippen molar-refractivity contribution in [2.75, 3.05) is 6.61 Å². The predicted molar refractivity (Wildman–Crippen MR) is 57.8 cm³/mol. The van der Waals surface area contributed by atoms with Crippen molar-refractivity contribution in [3.63, 3.8) is 0 Å². The molecule has 9 heteroatoms. The van der Waals surface area contributed by atoms with E-state index >= 15 is 0 Å². The van der Waals surface area contributed by atoms with E-state index in [9.17, 15) is 27.1 Å². The fourth-order valence-electron chi connectivity index (χ4n) is 3.02. The first-order chi connectivity index (χ1) is 8.63. The SMILES string of the molecule is O=C(OCC1CC2CC(O)C1C2)C(F)(F)S(=O)(=O)O. The summed E-state index contributed by atoms with van der Waals surface area (Å²) < 4.78 is 59.0. The number of hydrogen-bond acceptors (Lipinski definition) is 5. The number of carbonyl (C=O) groups is 1. The first-order valence-corrected chi connectivity index (χ1v) is 7.27. The van der Waals surface area contributed by atoms with Crippen molar-refractivity contribution in [2.45, 2.75) is 30.6 Å². The van der Waals surface area contributed by atoms with Gasteiger partial charge in [-0.25, -0.2) is 4.79 Å². The lowest BCUT2D eigenvalue weighted by molar-refractivity contribution is -0.163. The second-order valence-electron chi connectivity index (χ2n) is 5.15. The summed E-state index contributed by atoms with van der Waals surface area (Å²) in [6.45, 7) is -0.373. The molecule has 2 rings (SSSR count). The smallest absolute Gasteiger partial charge is 0.460 e. The highest BCUT2D eigenvalue weighted by atomic mass is 32.2. The maximum absolute atomic E-state index is 12.9. The molecule has 4 atom stereocenters. The lowest BCUT2D eigenvalue weighted by atomic mass is 9.87. The van der Waals surface area contributed by atoms with Gasteiger partial charge in [0.2, 0.25) is 0 Å². The number of aliphatic hydroxyl groups excluding tert-OH is 1. The summed E-state index contributed by atoms with van der Waals surface area (Å²) in [5, 5.41) is 4.66. The molecule has 2 bridgehead atoms. The van der Waals surface area contributed by atoms with Crippen LogP contribution in [0.1, 0.15) is 19.3 Å². The molecule has 0 aromatic carbocycles. The minimum Gasteiger partial charge on any atom is -0.460 e. The van der Waals surface area contributed by atoms with Gasteiger partial charge in [-0.2, -0.15) is 17.2 Å². The van der Waals surface area contributed by atoms with E-state index in [0.29, 0.717) is 18.8 Å². The van der Waals surface area contributed by atoms with Gasteiger partial charge in [0.25, 0.3) is 0 Å². The molecule has 2 aliphatic carbocycles. The molecular formula is C10H14F2O6S. The van der Waals surface area contributed by atoms with Crippen LogP contribution in [0, 0.1) is 17.8 Å². The van der Waals surface area contributed by atoms with Crippen LogP contribution in [0.2, 0.25) is 0 Å². The molecule has 0 heterocycles. The van der Waals surface area contributed by atoms with Crippen molar-refractivity contribution in [3.05, 3.63) is 0 Å². The zero-order valence-corrected chi connectivity index (χ0v) is 10.6. The third-order valence-corrected chi connectivity index (χ3v) is 4.72. The Kier molecular flexibility index (Phi) is 3.56. The average Bonchev–Trinajstić information content (AvgIpc) is 2.82. The highest BCUT2D eigenvalue weighted by Gasteiger charge is 2.55. The molecule has 110 valence electrons. The van der Waals surface area contributed by atoms with E-state index in [-0.39, 0.29) is 18.4 Å². The van der Waals surface area contributed by atoms with Crippen LogP contribution in [0.4, 0.5) is 8.78 Å². The van der Waals surface area contributed by atoms with Gasteiger partial charge < -0.3 is 9.84 Å². The van der Waals surface area contributed by atoms with E-state index in [1.807, 2.05) is 0 Å². The van der Waals surface area contributed by atoms with Crippen LogP contribution in [-0.2, 0) is 19.6 Å². The number of rotatable bonds is 4. The number of fused-ring (bicyclic) bond motifs is 2. The van der Waals surface area contributed by atoms with Crippen LogP contribution in [0.5, 0.6) is 0 Å². The summed E-state index contributed by atoms with van der Waals surface area (Å²) in [4.78, 5) is 11.0. The maximum Gasteiger partial charge on any atom is 0.465 e. The number of ether oxygens (including phenoxy) is 1. The van der Waals surface area contributed by atoms with Crippen molar-refractivity contribution < 1.29 is 36.4 Å². The monoisotopic (exact) mass is 300 g/mol. The van der Waals surface area contributed by atoms with Gasteiger partial charge in [0, 0.05) is 0 Å². The molecule has 0 saturated heterocycles. The molecule has 0 radical (unpaired) electrons. The van der Waals surface area contributed by atoms with Gasteiger partial charge in [-0.05, 0) is 37.0 Å². The number of esters is 1. The van der Waals surface area contributed by atoms with E-state index in [1.54, 1.807) is 0 Å². The zero-order chi connectivity index (χ0) is 14.4. The van der Waals surface area contributed by atoms with Crippen molar-refractivity contribution in [2.24, 2.45) is 17.8 Å². The van der Waals surface area contributed by atoms with Gasteiger partial charge in [0.05, 0.1) is 12.7 Å². The van der Waals surface area contributed by atoms with Crippen LogP contribution in [0.25, 0.3) is 0 Å². The van der Waals surface area contributed by atoms with E-state index < -0.39 is 27.4 Å². The van der Waals surface area contributed by atoms with Crippen molar-refractivity contribution in [3.8, 4) is 0 Å². The molecule has 2 N–H and O–H groups in total. The molecule has 0 aliphatic heterocycles. The lowest BCUT2D eigenvalue weighted by Crippen LogP contribution is -2.40. The molecule has 2 aliphatic rings. The molecule has 6 nitrogen and oxygen atoms in total. The Balaban J connectivity index is 1.92. The fourth-order valence-corrected chi connectivity index (χ4v) is 3.29. The summed E-state index contributed by atoms with van der Waals surface area (Å²) in [5.41, 5.74) is 0. The molecule has 0 aromatic rings. The lowest BCUT2D eigenvalue weighted by Gasteiger charge is -2.26. The normalized spacial score (nSPS) is 34.5. The van der Waals surface area contributed by atoms with Gasteiger partial charge in [-0.1, -0.05) is 0 Å². The van der Waals surface area contributed by atoms with Crippen molar-refractivity contribution in [1.29, 1.82) is 0 Å². The first kappa shape index (κ1) is 14.6. The van der Waals surface area contributed by atoms with Crippen LogP contribution in [-0.4, -0.2) is 42.0 Å². The zero-order valence-electron chi connectivity index (χ0n) is 9.83. The van der Waals surface area contributed by atoms with Crippen LogP contribution in [0.3, 0.4) is 0 Å². The van der Waals surface area contributed by atoms with Crippen molar-refractivity contribution >= 4 is 16.1 Å². The minimum atomic E-state index is -5.83. The Morgan fingerprint density at radius 2 is 1.95 bits per heavy atom. The van der Waals surface area contributed by atoms with Crippen LogP contribution >= 0.6 is 0 Å². The fraction of sp³-hybridized carbons (Fsp3) is 0.900. The van der Waals surface area contributed by atoms with E-state index in [4.69, 9.17) is 4.55 Å². The third kappa shape index (κ3) is 2.59. The largest absolute Gasteiger partial charge is 0.465 e. The summed E-state index contributed by atoms with van der Waals surface area (Å²) in [5.74, 6) is -2.33.